The number of aliphatic imine (C=N–C) groups is 1. The largest absolute Gasteiger partial charge is 0.390 e. The van der Waals surface area contributed by atoms with Gasteiger partial charge in [0.15, 0.2) is 14.0 Å². The minimum atomic E-state index is -1.60. The van der Waals surface area contributed by atoms with Gasteiger partial charge in [0.1, 0.15) is 0 Å². The Labute approximate surface area is 102 Å². The van der Waals surface area contributed by atoms with Gasteiger partial charge in [-0.25, -0.2) is 4.99 Å². The number of nitrogens with zero attached hydrogens (tertiary/aromatic N) is 1. The Balaban J connectivity index is 2.34. The van der Waals surface area contributed by atoms with Crippen molar-refractivity contribution >= 4 is 25.6 Å². The van der Waals surface area contributed by atoms with Gasteiger partial charge in [-0.2, -0.15) is 0 Å². The van der Waals surface area contributed by atoms with Crippen molar-refractivity contribution in [3.05, 3.63) is 35.9 Å². The van der Waals surface area contributed by atoms with Crippen molar-refractivity contribution < 1.29 is 4.43 Å². The second kappa shape index (κ2) is 4.35. The molecule has 1 unspecified atom stereocenters. The van der Waals surface area contributed by atoms with E-state index in [0.717, 1.165) is 5.75 Å². The molecule has 86 valence electrons. The van der Waals surface area contributed by atoms with Crippen LogP contribution in [-0.4, -0.2) is 19.6 Å². The fraction of sp³-hybridized carbons (Fsp3) is 0.417. The van der Waals surface area contributed by atoms with E-state index in [1.54, 1.807) is 11.8 Å². The van der Waals surface area contributed by atoms with Crippen molar-refractivity contribution in [3.8, 4) is 0 Å². The first-order valence-corrected chi connectivity index (χ1v) is 9.89. The zero-order valence-corrected chi connectivity index (χ0v) is 11.8. The summed E-state index contributed by atoms with van der Waals surface area (Å²) in [6.45, 7) is 6.61. The zero-order chi connectivity index (χ0) is 11.6. The van der Waals surface area contributed by atoms with Crippen LogP contribution < -0.4 is 0 Å². The highest BCUT2D eigenvalue weighted by molar-refractivity contribution is 8.12. The molecule has 1 aliphatic heterocycles. The predicted octanol–water partition coefficient (Wildman–Crippen LogP) is 3.47. The van der Waals surface area contributed by atoms with Crippen LogP contribution >= 0.6 is 11.8 Å². The number of thioether (sulfide) groups is 1. The molecular formula is C12H17NOSSi. The highest BCUT2D eigenvalue weighted by atomic mass is 32.2. The lowest BCUT2D eigenvalue weighted by Gasteiger charge is -2.33. The minimum Gasteiger partial charge on any atom is -0.390 e. The Bertz CT molecular complexity index is 388. The van der Waals surface area contributed by atoms with Crippen molar-refractivity contribution in [1.29, 1.82) is 0 Å². The molecule has 0 N–H and O–H groups in total. The summed E-state index contributed by atoms with van der Waals surface area (Å²) >= 11 is 1.72. The van der Waals surface area contributed by atoms with Gasteiger partial charge in [0.05, 0.1) is 11.3 Å². The summed E-state index contributed by atoms with van der Waals surface area (Å²) in [7, 11) is -1.60. The first-order valence-electron chi connectivity index (χ1n) is 5.43. The Kier molecular flexibility index (Phi) is 3.23. The molecule has 1 aromatic carbocycles. The number of hydrogen-bond donors (Lipinski definition) is 0. The van der Waals surface area contributed by atoms with Gasteiger partial charge in [-0.05, 0) is 19.6 Å². The smallest absolute Gasteiger partial charge is 0.187 e. The van der Waals surface area contributed by atoms with Gasteiger partial charge in [-0.15, -0.1) is 11.8 Å². The maximum absolute atomic E-state index is 6.29. The molecule has 0 aromatic heterocycles. The summed E-state index contributed by atoms with van der Waals surface area (Å²) in [6, 6.07) is 10.3. The monoisotopic (exact) mass is 251 g/mol. The van der Waals surface area contributed by atoms with E-state index >= 15 is 0 Å². The van der Waals surface area contributed by atoms with Crippen molar-refractivity contribution in [2.24, 2.45) is 4.99 Å². The molecule has 0 saturated heterocycles. The van der Waals surface area contributed by atoms with Crippen molar-refractivity contribution in [1.82, 2.24) is 0 Å². The van der Waals surface area contributed by atoms with Crippen molar-refractivity contribution in [2.75, 3.05) is 5.75 Å². The van der Waals surface area contributed by atoms with E-state index < -0.39 is 14.0 Å². The molecule has 1 heterocycles. The van der Waals surface area contributed by atoms with Gasteiger partial charge in [-0.3, -0.25) is 0 Å². The van der Waals surface area contributed by atoms with Crippen LogP contribution in [0.25, 0.3) is 0 Å². The standard InChI is InChI=1S/C12H17NOSSi/c1-16(2,3)14-12(9-15-10-13-12)11-7-5-4-6-8-11/h4-8,10H,9H2,1-3H3. The summed E-state index contributed by atoms with van der Waals surface area (Å²) in [5.41, 5.74) is 2.64. The average molecular weight is 251 g/mol. The zero-order valence-electron chi connectivity index (χ0n) is 9.93. The highest BCUT2D eigenvalue weighted by Gasteiger charge is 2.39. The van der Waals surface area contributed by atoms with Gasteiger partial charge >= 0.3 is 0 Å². The van der Waals surface area contributed by atoms with E-state index in [-0.39, 0.29) is 0 Å². The lowest BCUT2D eigenvalue weighted by atomic mass is 10.1. The summed E-state index contributed by atoms with van der Waals surface area (Å²) < 4.78 is 6.29. The molecule has 0 aliphatic carbocycles. The molecule has 4 heteroatoms. The predicted molar refractivity (Wildman–Crippen MR) is 73.5 cm³/mol. The SMILES string of the molecule is C[Si](C)(C)OC1(c2ccccc2)CSC=N1. The number of rotatable bonds is 3. The lowest BCUT2D eigenvalue weighted by molar-refractivity contribution is 0.0976. The molecule has 1 aliphatic rings. The first-order chi connectivity index (χ1) is 7.52. The third kappa shape index (κ3) is 2.56. The first kappa shape index (κ1) is 11.9. The molecule has 16 heavy (non-hydrogen) atoms. The third-order valence-corrected chi connectivity index (χ3v) is 4.08. The second-order valence-corrected chi connectivity index (χ2v) is 10.2. The molecule has 2 nitrogen and oxygen atoms in total. The molecule has 0 radical (unpaired) electrons. The molecule has 0 amide bonds. The molecule has 1 atom stereocenters. The molecule has 0 saturated carbocycles. The van der Waals surface area contributed by atoms with Crippen LogP contribution in [0.5, 0.6) is 0 Å². The Morgan fingerprint density at radius 2 is 1.94 bits per heavy atom. The minimum absolute atomic E-state index is 0.434. The van der Waals surface area contributed by atoms with E-state index in [2.05, 4.69) is 36.8 Å². The summed E-state index contributed by atoms with van der Waals surface area (Å²) in [6.07, 6.45) is 0. The Morgan fingerprint density at radius 3 is 2.44 bits per heavy atom. The van der Waals surface area contributed by atoms with Crippen molar-refractivity contribution in [2.45, 2.75) is 25.4 Å². The van der Waals surface area contributed by atoms with Crippen LogP contribution in [0.1, 0.15) is 5.56 Å². The Hall–Kier alpha value is -0.583. The maximum atomic E-state index is 6.29. The molecular weight excluding hydrogens is 234 g/mol. The van der Waals surface area contributed by atoms with Gasteiger partial charge in [-0.1, -0.05) is 30.3 Å². The van der Waals surface area contributed by atoms with E-state index in [0.29, 0.717) is 0 Å². The quantitative estimate of drug-likeness (QED) is 0.767. The average Bonchev–Trinajstić information content (AvgIpc) is 2.66. The van der Waals surface area contributed by atoms with Crippen LogP contribution in [0, 0.1) is 0 Å². The van der Waals surface area contributed by atoms with Crippen molar-refractivity contribution in [3.63, 3.8) is 0 Å². The molecule has 1 aromatic rings. The maximum Gasteiger partial charge on any atom is 0.187 e. The fourth-order valence-corrected chi connectivity index (χ4v) is 3.99. The van der Waals surface area contributed by atoms with E-state index in [1.165, 1.54) is 5.56 Å². The van der Waals surface area contributed by atoms with Gasteiger partial charge < -0.3 is 4.43 Å². The molecule has 0 bridgehead atoms. The summed E-state index contributed by atoms with van der Waals surface area (Å²) in [5, 5.41) is 0. The van der Waals surface area contributed by atoms with Gasteiger partial charge in [0.2, 0.25) is 0 Å². The normalized spacial score (nSPS) is 24.9. The molecule has 0 spiro atoms. The number of hydrogen-bond acceptors (Lipinski definition) is 3. The van der Waals surface area contributed by atoms with E-state index in [1.807, 2.05) is 23.7 Å². The molecule has 0 fully saturated rings. The van der Waals surface area contributed by atoms with Gasteiger partial charge in [0, 0.05) is 5.56 Å². The molecule has 2 rings (SSSR count). The number of benzene rings is 1. The topological polar surface area (TPSA) is 21.6 Å². The van der Waals surface area contributed by atoms with Crippen LogP contribution in [0.15, 0.2) is 35.3 Å². The van der Waals surface area contributed by atoms with E-state index in [9.17, 15) is 0 Å². The summed E-state index contributed by atoms with van der Waals surface area (Å²) in [4.78, 5) is 4.57. The highest BCUT2D eigenvalue weighted by Crippen LogP contribution is 2.37. The van der Waals surface area contributed by atoms with Crippen LogP contribution in [-0.2, 0) is 10.2 Å². The summed E-state index contributed by atoms with van der Waals surface area (Å²) in [5.74, 6) is 0.890. The second-order valence-electron chi connectivity index (χ2n) is 4.91. The van der Waals surface area contributed by atoms with Gasteiger partial charge in [0.25, 0.3) is 0 Å². The van der Waals surface area contributed by atoms with E-state index in [4.69, 9.17) is 4.43 Å². The van der Waals surface area contributed by atoms with Crippen LogP contribution in [0.4, 0.5) is 0 Å². The third-order valence-electron chi connectivity index (χ3n) is 2.31. The van der Waals surface area contributed by atoms with Crippen LogP contribution in [0.2, 0.25) is 19.6 Å². The van der Waals surface area contributed by atoms with Crippen LogP contribution in [0.3, 0.4) is 0 Å². The lowest BCUT2D eigenvalue weighted by Crippen LogP contribution is -2.39. The Morgan fingerprint density at radius 1 is 1.25 bits per heavy atom. The fourth-order valence-electron chi connectivity index (χ4n) is 1.79.